The number of rotatable bonds is 4. The molecule has 1 atom stereocenters. The summed E-state index contributed by atoms with van der Waals surface area (Å²) in [5.74, 6) is -3.59. The van der Waals surface area contributed by atoms with Gasteiger partial charge in [0, 0.05) is 5.57 Å². The lowest BCUT2D eigenvalue weighted by Crippen LogP contribution is -2.35. The van der Waals surface area contributed by atoms with E-state index in [1.54, 1.807) is 0 Å². The Kier molecular flexibility index (Phi) is 4.28. The molecule has 0 heterocycles. The quantitative estimate of drug-likeness (QED) is 0.626. The van der Waals surface area contributed by atoms with Gasteiger partial charge in [-0.2, -0.15) is 0 Å². The highest BCUT2D eigenvalue weighted by atomic mass is 16.4. The van der Waals surface area contributed by atoms with Gasteiger partial charge in [-0.25, -0.2) is 4.79 Å². The van der Waals surface area contributed by atoms with Crippen molar-refractivity contribution < 1.29 is 19.5 Å². The summed E-state index contributed by atoms with van der Waals surface area (Å²) in [6.45, 7) is 7.71. The fourth-order valence-electron chi connectivity index (χ4n) is 0.624. The number of hydrogen-bond donors (Lipinski definition) is 2. The van der Waals surface area contributed by atoms with Gasteiger partial charge in [0.25, 0.3) is 0 Å². The number of imide groups is 1. The summed E-state index contributed by atoms with van der Waals surface area (Å²) in [5.41, 5.74) is -0.264. The van der Waals surface area contributed by atoms with E-state index in [1.807, 2.05) is 5.32 Å². The molecule has 0 fully saturated rings. The molecule has 2 N–H and O–H groups in total. The van der Waals surface area contributed by atoms with Crippen molar-refractivity contribution in [1.29, 1.82) is 0 Å². The monoisotopic (exact) mass is 197 g/mol. The summed E-state index contributed by atoms with van der Waals surface area (Å²) in [6, 6.07) is 0. The van der Waals surface area contributed by atoms with Crippen molar-refractivity contribution in [3.05, 3.63) is 24.8 Å². The summed E-state index contributed by atoms with van der Waals surface area (Å²) in [6.07, 6.45) is 0.925. The van der Waals surface area contributed by atoms with Gasteiger partial charge >= 0.3 is 5.97 Å². The molecular formula is C9H11NO4. The number of carboxylic acid groups (broad SMARTS) is 1. The number of carbonyl (C=O) groups excluding carboxylic acids is 2. The second kappa shape index (κ2) is 4.96. The summed E-state index contributed by atoms with van der Waals surface area (Å²) in [4.78, 5) is 32.3. The van der Waals surface area contributed by atoms with E-state index in [9.17, 15) is 14.4 Å². The van der Waals surface area contributed by atoms with E-state index in [4.69, 9.17) is 5.11 Å². The Morgan fingerprint density at radius 3 is 2.29 bits per heavy atom. The number of amides is 2. The standard InChI is InChI=1S/C9H11NO4/c1-4-7(11)10-8(12)5(2)6(3)9(13)14/h4-5H,1,3H2,2H3,(H,13,14)(H,10,11,12). The molecule has 0 radical (unpaired) electrons. The molecule has 5 heteroatoms. The number of carbonyl (C=O) groups is 3. The Morgan fingerprint density at radius 2 is 1.93 bits per heavy atom. The van der Waals surface area contributed by atoms with Gasteiger partial charge in [0.05, 0.1) is 5.92 Å². The normalized spacial score (nSPS) is 11.2. The van der Waals surface area contributed by atoms with E-state index < -0.39 is 23.7 Å². The molecule has 0 spiro atoms. The zero-order chi connectivity index (χ0) is 11.3. The molecule has 0 aliphatic heterocycles. The van der Waals surface area contributed by atoms with Crippen LogP contribution in [0.15, 0.2) is 24.8 Å². The maximum Gasteiger partial charge on any atom is 0.331 e. The van der Waals surface area contributed by atoms with E-state index in [-0.39, 0.29) is 5.57 Å². The van der Waals surface area contributed by atoms with Crippen molar-refractivity contribution in [1.82, 2.24) is 5.32 Å². The molecule has 0 rings (SSSR count). The minimum Gasteiger partial charge on any atom is -0.478 e. The van der Waals surface area contributed by atoms with Gasteiger partial charge in [-0.3, -0.25) is 14.9 Å². The fraction of sp³-hybridized carbons (Fsp3) is 0.222. The second-order valence-corrected chi connectivity index (χ2v) is 2.61. The van der Waals surface area contributed by atoms with E-state index in [1.165, 1.54) is 6.92 Å². The van der Waals surface area contributed by atoms with Gasteiger partial charge in [-0.05, 0) is 13.0 Å². The van der Waals surface area contributed by atoms with Crippen molar-refractivity contribution in [2.24, 2.45) is 5.92 Å². The SMILES string of the molecule is C=CC(=O)NC(=O)C(C)C(=C)C(=O)O. The zero-order valence-corrected chi connectivity index (χ0v) is 7.74. The number of hydrogen-bond acceptors (Lipinski definition) is 3. The number of nitrogens with one attached hydrogen (secondary N) is 1. The first-order chi connectivity index (χ1) is 6.40. The van der Waals surface area contributed by atoms with Gasteiger partial charge in [0.2, 0.25) is 11.8 Å². The number of aliphatic carboxylic acids is 1. The predicted octanol–water partition coefficient (Wildman–Crippen LogP) is 0.0921. The van der Waals surface area contributed by atoms with Crippen LogP contribution in [0.3, 0.4) is 0 Å². The molecule has 0 saturated heterocycles. The van der Waals surface area contributed by atoms with Gasteiger partial charge in [-0.15, -0.1) is 0 Å². The summed E-state index contributed by atoms with van der Waals surface area (Å²) in [7, 11) is 0. The highest BCUT2D eigenvalue weighted by Crippen LogP contribution is 2.07. The lowest BCUT2D eigenvalue weighted by molar-refractivity contribution is -0.136. The van der Waals surface area contributed by atoms with Gasteiger partial charge in [-0.1, -0.05) is 13.2 Å². The van der Waals surface area contributed by atoms with Gasteiger partial charge in [0.1, 0.15) is 0 Å². The summed E-state index contributed by atoms with van der Waals surface area (Å²) in [5, 5.41) is 10.5. The third-order valence-electron chi connectivity index (χ3n) is 1.62. The van der Waals surface area contributed by atoms with Crippen LogP contribution in [-0.2, 0) is 14.4 Å². The molecule has 0 aliphatic carbocycles. The molecule has 0 saturated carbocycles. The highest BCUT2D eigenvalue weighted by molar-refractivity contribution is 6.04. The molecule has 0 aromatic rings. The maximum absolute atomic E-state index is 11.2. The van der Waals surface area contributed by atoms with Crippen LogP contribution in [-0.4, -0.2) is 22.9 Å². The second-order valence-electron chi connectivity index (χ2n) is 2.61. The lowest BCUT2D eigenvalue weighted by atomic mass is 10.0. The van der Waals surface area contributed by atoms with Crippen LogP contribution >= 0.6 is 0 Å². The first-order valence-electron chi connectivity index (χ1n) is 3.79. The molecular weight excluding hydrogens is 186 g/mol. The molecule has 0 aromatic heterocycles. The molecule has 1 unspecified atom stereocenters. The predicted molar refractivity (Wildman–Crippen MR) is 49.3 cm³/mol. The van der Waals surface area contributed by atoms with Crippen LogP contribution in [0.5, 0.6) is 0 Å². The maximum atomic E-state index is 11.2. The smallest absolute Gasteiger partial charge is 0.331 e. The average Bonchev–Trinajstić information content (AvgIpc) is 2.14. The zero-order valence-electron chi connectivity index (χ0n) is 7.74. The topological polar surface area (TPSA) is 83.5 Å². The average molecular weight is 197 g/mol. The molecule has 76 valence electrons. The van der Waals surface area contributed by atoms with Crippen molar-refractivity contribution in [2.75, 3.05) is 0 Å². The Balaban J connectivity index is 4.40. The van der Waals surface area contributed by atoms with Crippen molar-refractivity contribution in [2.45, 2.75) is 6.92 Å². The minimum atomic E-state index is -1.27. The fourth-order valence-corrected chi connectivity index (χ4v) is 0.624. The summed E-state index contributed by atoms with van der Waals surface area (Å²) >= 11 is 0. The van der Waals surface area contributed by atoms with Crippen LogP contribution < -0.4 is 5.32 Å². The first kappa shape index (κ1) is 12.1. The van der Waals surface area contributed by atoms with Crippen LogP contribution in [0.25, 0.3) is 0 Å². The molecule has 14 heavy (non-hydrogen) atoms. The van der Waals surface area contributed by atoms with Crippen molar-refractivity contribution in [3.8, 4) is 0 Å². The molecule has 5 nitrogen and oxygen atoms in total. The first-order valence-corrected chi connectivity index (χ1v) is 3.79. The van der Waals surface area contributed by atoms with E-state index >= 15 is 0 Å². The summed E-state index contributed by atoms with van der Waals surface area (Å²) < 4.78 is 0. The molecule has 0 aromatic carbocycles. The Morgan fingerprint density at radius 1 is 1.43 bits per heavy atom. The highest BCUT2D eigenvalue weighted by Gasteiger charge is 2.21. The van der Waals surface area contributed by atoms with E-state index in [0.717, 1.165) is 6.08 Å². The third-order valence-corrected chi connectivity index (χ3v) is 1.62. The lowest BCUT2D eigenvalue weighted by Gasteiger charge is -2.09. The Bertz CT molecular complexity index is 306. The third kappa shape index (κ3) is 3.22. The minimum absolute atomic E-state index is 0.264. The van der Waals surface area contributed by atoms with Crippen molar-refractivity contribution in [3.63, 3.8) is 0 Å². The van der Waals surface area contributed by atoms with Crippen LogP contribution in [0.2, 0.25) is 0 Å². The largest absolute Gasteiger partial charge is 0.478 e. The van der Waals surface area contributed by atoms with E-state index in [2.05, 4.69) is 13.2 Å². The Hall–Kier alpha value is -1.91. The Labute approximate surface area is 81.1 Å². The molecule has 0 aliphatic rings. The van der Waals surface area contributed by atoms with Crippen LogP contribution in [0.1, 0.15) is 6.92 Å². The van der Waals surface area contributed by atoms with Crippen molar-refractivity contribution >= 4 is 17.8 Å². The number of carboxylic acids is 1. The van der Waals surface area contributed by atoms with Gasteiger partial charge < -0.3 is 5.11 Å². The van der Waals surface area contributed by atoms with E-state index in [0.29, 0.717) is 0 Å². The van der Waals surface area contributed by atoms with Gasteiger partial charge in [0.15, 0.2) is 0 Å². The molecule has 0 bridgehead atoms. The van der Waals surface area contributed by atoms with Crippen LogP contribution in [0, 0.1) is 5.92 Å². The molecule has 2 amide bonds. The van der Waals surface area contributed by atoms with Crippen LogP contribution in [0.4, 0.5) is 0 Å².